The van der Waals surface area contributed by atoms with Crippen LogP contribution < -0.4 is 10.6 Å². The van der Waals surface area contributed by atoms with Gasteiger partial charge in [0.05, 0.1) is 6.10 Å². The first-order valence-corrected chi connectivity index (χ1v) is 11.9. The molecule has 0 heterocycles. The molecule has 0 radical (unpaired) electrons. The molecule has 6 heteroatoms. The standard InChI is InChI=1S/C14H21NO3.C9H11NO.2C2H6/c1-3-9-18-13(4-2)10-15-14(17)11-5-7-12(16)8-6-11;1-8-3-2-4-9(5-8)6-10-7-11;2*1-2/h5-8,13,16H,3-4,9-10H2,1-2H3,(H,15,17);2-5,7H,6H2,1H3,(H,10,11);2*1-2H3. The SMILES string of the molecule is CC.CC.CCCOC(CC)CNC(=O)c1ccc(O)cc1.Cc1cccc(CNC=O)c1. The van der Waals surface area contributed by atoms with E-state index in [4.69, 9.17) is 9.84 Å². The van der Waals surface area contributed by atoms with Crippen LogP contribution in [0.25, 0.3) is 0 Å². The van der Waals surface area contributed by atoms with E-state index in [9.17, 15) is 9.59 Å². The summed E-state index contributed by atoms with van der Waals surface area (Å²) >= 11 is 0. The van der Waals surface area contributed by atoms with Gasteiger partial charge in [-0.05, 0) is 49.6 Å². The molecule has 6 nitrogen and oxygen atoms in total. The summed E-state index contributed by atoms with van der Waals surface area (Å²) in [5.41, 5.74) is 2.89. The highest BCUT2D eigenvalue weighted by molar-refractivity contribution is 5.94. The van der Waals surface area contributed by atoms with E-state index in [2.05, 4.69) is 23.6 Å². The third-order valence-electron chi connectivity index (χ3n) is 4.10. The van der Waals surface area contributed by atoms with E-state index in [0.29, 0.717) is 31.7 Å². The summed E-state index contributed by atoms with van der Waals surface area (Å²) in [6.45, 7) is 16.0. The zero-order valence-electron chi connectivity index (χ0n) is 21.5. The smallest absolute Gasteiger partial charge is 0.251 e. The van der Waals surface area contributed by atoms with Crippen molar-refractivity contribution in [3.05, 3.63) is 65.2 Å². The molecule has 0 bridgehead atoms. The van der Waals surface area contributed by atoms with Crippen molar-refractivity contribution >= 4 is 12.3 Å². The monoisotopic (exact) mass is 460 g/mol. The van der Waals surface area contributed by atoms with Crippen molar-refractivity contribution < 1.29 is 19.4 Å². The van der Waals surface area contributed by atoms with Gasteiger partial charge < -0.3 is 20.5 Å². The van der Waals surface area contributed by atoms with Crippen LogP contribution in [0.3, 0.4) is 0 Å². The van der Waals surface area contributed by atoms with E-state index in [1.165, 1.54) is 17.7 Å². The number of nitrogens with one attached hydrogen (secondary N) is 2. The van der Waals surface area contributed by atoms with Crippen LogP contribution in [0.5, 0.6) is 5.75 Å². The molecule has 3 N–H and O–H groups in total. The average Bonchev–Trinajstić information content (AvgIpc) is 2.86. The molecule has 1 unspecified atom stereocenters. The highest BCUT2D eigenvalue weighted by Crippen LogP contribution is 2.09. The number of phenolic OH excluding ortho intramolecular Hbond substituents is 1. The molecular formula is C27H44N2O4. The lowest BCUT2D eigenvalue weighted by molar-refractivity contribution is -0.109. The molecular weight excluding hydrogens is 416 g/mol. The molecule has 33 heavy (non-hydrogen) atoms. The van der Waals surface area contributed by atoms with Crippen molar-refractivity contribution in [1.29, 1.82) is 0 Å². The Morgan fingerprint density at radius 1 is 1.06 bits per heavy atom. The van der Waals surface area contributed by atoms with Crippen LogP contribution in [0, 0.1) is 6.92 Å². The molecule has 0 aromatic heterocycles. The highest BCUT2D eigenvalue weighted by atomic mass is 16.5. The minimum Gasteiger partial charge on any atom is -0.508 e. The maximum atomic E-state index is 11.8. The summed E-state index contributed by atoms with van der Waals surface area (Å²) in [7, 11) is 0. The first-order chi connectivity index (χ1) is 16.0. The zero-order valence-corrected chi connectivity index (χ0v) is 21.5. The van der Waals surface area contributed by atoms with Crippen molar-refractivity contribution in [2.24, 2.45) is 0 Å². The van der Waals surface area contributed by atoms with Crippen LogP contribution in [0.1, 0.15) is 75.9 Å². The molecule has 0 saturated carbocycles. The molecule has 1 atom stereocenters. The van der Waals surface area contributed by atoms with E-state index in [1.54, 1.807) is 12.1 Å². The average molecular weight is 461 g/mol. The molecule has 186 valence electrons. The molecule has 2 amide bonds. The number of carbonyl (C=O) groups is 2. The van der Waals surface area contributed by atoms with Crippen LogP contribution in [0.2, 0.25) is 0 Å². The number of aromatic hydroxyl groups is 1. The van der Waals surface area contributed by atoms with E-state index in [0.717, 1.165) is 18.4 Å². The third kappa shape index (κ3) is 16.4. The number of phenols is 1. The van der Waals surface area contributed by atoms with Crippen LogP contribution in [-0.4, -0.2) is 36.7 Å². The highest BCUT2D eigenvalue weighted by Gasteiger charge is 2.10. The van der Waals surface area contributed by atoms with Gasteiger partial charge in [-0.25, -0.2) is 0 Å². The summed E-state index contributed by atoms with van der Waals surface area (Å²) in [6.07, 6.45) is 2.62. The molecule has 0 aliphatic carbocycles. The number of hydrogen-bond donors (Lipinski definition) is 3. The van der Waals surface area contributed by atoms with Crippen molar-refractivity contribution in [3.8, 4) is 5.75 Å². The van der Waals surface area contributed by atoms with E-state index < -0.39 is 0 Å². The van der Waals surface area contributed by atoms with E-state index in [-0.39, 0.29) is 17.8 Å². The summed E-state index contributed by atoms with van der Waals surface area (Å²) in [6, 6.07) is 14.2. The van der Waals surface area contributed by atoms with Gasteiger partial charge in [0.25, 0.3) is 5.91 Å². The quantitative estimate of drug-likeness (QED) is 0.402. The number of benzene rings is 2. The van der Waals surface area contributed by atoms with Crippen molar-refractivity contribution in [2.75, 3.05) is 13.2 Å². The number of aryl methyl sites for hydroxylation is 1. The van der Waals surface area contributed by atoms with Gasteiger partial charge in [0.1, 0.15) is 5.75 Å². The number of rotatable bonds is 10. The summed E-state index contributed by atoms with van der Waals surface area (Å²) in [4.78, 5) is 21.8. The Balaban J connectivity index is 0. The van der Waals surface area contributed by atoms with Gasteiger partial charge in [0.15, 0.2) is 0 Å². The molecule has 0 fully saturated rings. The fourth-order valence-corrected chi connectivity index (χ4v) is 2.51. The van der Waals surface area contributed by atoms with E-state index in [1.807, 2.05) is 59.7 Å². The Morgan fingerprint density at radius 3 is 2.21 bits per heavy atom. The first-order valence-electron chi connectivity index (χ1n) is 11.9. The number of ether oxygens (including phenoxy) is 1. The van der Waals surface area contributed by atoms with Crippen LogP contribution in [-0.2, 0) is 16.1 Å². The number of hydrogen-bond acceptors (Lipinski definition) is 4. The molecule has 0 aliphatic heterocycles. The van der Waals surface area contributed by atoms with Crippen molar-refractivity contribution in [1.82, 2.24) is 10.6 Å². The summed E-state index contributed by atoms with van der Waals surface area (Å²) in [5.74, 6) is 0.0119. The van der Waals surface area contributed by atoms with Crippen LogP contribution >= 0.6 is 0 Å². The third-order valence-corrected chi connectivity index (χ3v) is 4.10. The Bertz CT molecular complexity index is 733. The Morgan fingerprint density at radius 2 is 1.70 bits per heavy atom. The van der Waals surface area contributed by atoms with Gasteiger partial charge in [0.2, 0.25) is 6.41 Å². The fourth-order valence-electron chi connectivity index (χ4n) is 2.51. The first kappa shape index (κ1) is 32.3. The minimum absolute atomic E-state index is 0.0611. The summed E-state index contributed by atoms with van der Waals surface area (Å²) < 4.78 is 5.59. The lowest BCUT2D eigenvalue weighted by atomic mass is 10.1. The fraction of sp³-hybridized carbons (Fsp3) is 0.481. The number of carbonyl (C=O) groups excluding carboxylic acids is 2. The molecule has 2 rings (SSSR count). The predicted octanol–water partition coefficient (Wildman–Crippen LogP) is 5.62. The van der Waals surface area contributed by atoms with Gasteiger partial charge in [-0.3, -0.25) is 9.59 Å². The molecule has 2 aromatic carbocycles. The Hall–Kier alpha value is -2.86. The Kier molecular flexibility index (Phi) is 21.9. The van der Waals surface area contributed by atoms with Crippen molar-refractivity contribution in [2.45, 2.75) is 74.0 Å². The van der Waals surface area contributed by atoms with Crippen LogP contribution in [0.4, 0.5) is 0 Å². The maximum Gasteiger partial charge on any atom is 0.251 e. The normalized spacial score (nSPS) is 10.0. The van der Waals surface area contributed by atoms with Crippen LogP contribution in [0.15, 0.2) is 48.5 Å². The predicted molar refractivity (Wildman–Crippen MR) is 138 cm³/mol. The summed E-state index contributed by atoms with van der Waals surface area (Å²) in [5, 5.41) is 14.6. The van der Waals surface area contributed by atoms with Gasteiger partial charge in [-0.2, -0.15) is 0 Å². The second kappa shape index (κ2) is 22.3. The Labute approximate surface area is 200 Å². The maximum absolute atomic E-state index is 11.8. The zero-order chi connectivity index (χ0) is 25.5. The molecule has 0 spiro atoms. The van der Waals surface area contributed by atoms with Gasteiger partial charge in [-0.1, -0.05) is 71.4 Å². The molecule has 2 aromatic rings. The lowest BCUT2D eigenvalue weighted by Crippen LogP contribution is -2.33. The topological polar surface area (TPSA) is 87.7 Å². The largest absolute Gasteiger partial charge is 0.508 e. The van der Waals surface area contributed by atoms with Gasteiger partial charge >= 0.3 is 0 Å². The van der Waals surface area contributed by atoms with Crippen molar-refractivity contribution in [3.63, 3.8) is 0 Å². The van der Waals surface area contributed by atoms with Gasteiger partial charge in [0, 0.05) is 25.3 Å². The second-order valence-corrected chi connectivity index (χ2v) is 6.65. The minimum atomic E-state index is -0.145. The van der Waals surface area contributed by atoms with E-state index >= 15 is 0 Å². The number of amides is 2. The molecule has 0 saturated heterocycles. The van der Waals surface area contributed by atoms with Gasteiger partial charge in [-0.15, -0.1) is 0 Å². The second-order valence-electron chi connectivity index (χ2n) is 6.65. The molecule has 0 aliphatic rings. The lowest BCUT2D eigenvalue weighted by Gasteiger charge is -2.16.